The number of carbonyl (C=O) groups excluding carboxylic acids is 2. The average molecular weight is 458 g/mol. The van der Waals surface area contributed by atoms with E-state index in [0.717, 1.165) is 53.8 Å². The zero-order valence-electron chi connectivity index (χ0n) is 19.1. The molecule has 0 radical (unpaired) electrons. The fourth-order valence-electron chi connectivity index (χ4n) is 4.10. The van der Waals surface area contributed by atoms with Crippen LogP contribution in [0, 0.1) is 18.8 Å². The van der Waals surface area contributed by atoms with E-state index in [1.165, 1.54) is 6.33 Å². The molecule has 1 aromatic carbocycles. The van der Waals surface area contributed by atoms with Gasteiger partial charge in [0.2, 0.25) is 11.8 Å². The van der Waals surface area contributed by atoms with E-state index >= 15 is 0 Å². The number of carbonyl (C=O) groups is 2. The van der Waals surface area contributed by atoms with Gasteiger partial charge in [0.25, 0.3) is 0 Å². The van der Waals surface area contributed by atoms with E-state index in [0.29, 0.717) is 24.7 Å². The van der Waals surface area contributed by atoms with Crippen LogP contribution in [0.2, 0.25) is 0 Å². The number of anilines is 2. The summed E-state index contributed by atoms with van der Waals surface area (Å²) < 4.78 is 5.36. The van der Waals surface area contributed by atoms with Crippen LogP contribution in [0.25, 0.3) is 22.4 Å². The van der Waals surface area contributed by atoms with E-state index in [-0.39, 0.29) is 23.7 Å². The summed E-state index contributed by atoms with van der Waals surface area (Å²) >= 11 is 0. The Kier molecular flexibility index (Phi) is 6.31. The molecule has 8 nitrogen and oxygen atoms in total. The molecule has 174 valence electrons. The van der Waals surface area contributed by atoms with Crippen LogP contribution in [0.1, 0.15) is 31.4 Å². The van der Waals surface area contributed by atoms with Crippen LogP contribution in [0.4, 0.5) is 11.5 Å². The molecule has 0 unspecified atom stereocenters. The monoisotopic (exact) mass is 457 g/mol. The van der Waals surface area contributed by atoms with Crippen molar-refractivity contribution in [1.82, 2.24) is 15.0 Å². The fraction of sp³-hybridized carbons (Fsp3) is 0.346. The lowest BCUT2D eigenvalue weighted by Gasteiger charge is -2.21. The number of hydrogen-bond donors (Lipinski definition) is 2. The molecule has 0 spiro atoms. The third-order valence-electron chi connectivity index (χ3n) is 6.28. The van der Waals surface area contributed by atoms with Crippen LogP contribution in [-0.4, -0.2) is 40.0 Å². The van der Waals surface area contributed by atoms with Crippen molar-refractivity contribution in [2.45, 2.75) is 32.6 Å². The van der Waals surface area contributed by atoms with Crippen LogP contribution in [0.15, 0.2) is 48.9 Å². The zero-order valence-corrected chi connectivity index (χ0v) is 19.1. The van der Waals surface area contributed by atoms with Gasteiger partial charge in [0.15, 0.2) is 0 Å². The number of aromatic nitrogens is 3. The number of nitrogens with zero attached hydrogens (tertiary/aromatic N) is 3. The third kappa shape index (κ3) is 5.12. The second-order valence-corrected chi connectivity index (χ2v) is 8.87. The van der Waals surface area contributed by atoms with Crippen LogP contribution in [-0.2, 0) is 14.3 Å². The summed E-state index contributed by atoms with van der Waals surface area (Å²) in [5, 5.41) is 5.89. The molecule has 0 atom stereocenters. The molecule has 1 aliphatic carbocycles. The first-order chi connectivity index (χ1) is 16.6. The highest BCUT2D eigenvalue weighted by molar-refractivity contribution is 5.94. The average Bonchev–Trinajstić information content (AvgIpc) is 3.72. The zero-order chi connectivity index (χ0) is 23.5. The Bertz CT molecular complexity index is 1220. The number of amides is 2. The van der Waals surface area contributed by atoms with E-state index in [4.69, 9.17) is 4.74 Å². The molecule has 1 saturated heterocycles. The summed E-state index contributed by atoms with van der Waals surface area (Å²) in [6.07, 6.45) is 6.51. The predicted molar refractivity (Wildman–Crippen MR) is 129 cm³/mol. The summed E-state index contributed by atoms with van der Waals surface area (Å²) in [6.45, 7) is 3.19. The molecule has 2 amide bonds. The minimum Gasteiger partial charge on any atom is -0.381 e. The number of benzene rings is 1. The van der Waals surface area contributed by atoms with Gasteiger partial charge < -0.3 is 15.4 Å². The Hall–Kier alpha value is -3.65. The summed E-state index contributed by atoms with van der Waals surface area (Å²) in [6, 6.07) is 11.7. The molecule has 2 N–H and O–H groups in total. The molecular formula is C26H27N5O3. The molecule has 8 heteroatoms. The maximum absolute atomic E-state index is 12.7. The van der Waals surface area contributed by atoms with E-state index in [1.807, 2.05) is 37.3 Å². The molecule has 1 saturated carbocycles. The van der Waals surface area contributed by atoms with Gasteiger partial charge in [0.1, 0.15) is 12.1 Å². The molecule has 2 aliphatic rings. The number of nitrogens with one attached hydrogen (secondary N) is 2. The van der Waals surface area contributed by atoms with Crippen molar-refractivity contribution in [3.8, 4) is 22.4 Å². The Balaban J connectivity index is 1.37. The molecular weight excluding hydrogens is 430 g/mol. The highest BCUT2D eigenvalue weighted by Crippen LogP contribution is 2.31. The first-order valence-corrected chi connectivity index (χ1v) is 11.7. The smallest absolute Gasteiger partial charge is 0.228 e. The Labute approximate surface area is 198 Å². The van der Waals surface area contributed by atoms with Crippen molar-refractivity contribution in [2.24, 2.45) is 11.8 Å². The molecule has 0 bridgehead atoms. The molecule has 5 rings (SSSR count). The standard InChI is InChI=1S/C26H27N5O3/c1-16-22(12-21(14-27-16)30-25(32)18-7-9-34-10-8-18)19-3-2-4-20(11-19)23-13-24(29-15-28-23)31-26(33)17-5-6-17/h2-4,11-15,17-18H,5-10H2,1H3,(H,30,32)(H,28,29,31,33). The number of ether oxygens (including phenoxy) is 1. The quantitative estimate of drug-likeness (QED) is 0.574. The van der Waals surface area contributed by atoms with Gasteiger partial charge in [0.05, 0.1) is 17.6 Å². The van der Waals surface area contributed by atoms with Crippen molar-refractivity contribution in [3.05, 3.63) is 54.6 Å². The minimum atomic E-state index is -0.0332. The van der Waals surface area contributed by atoms with Crippen LogP contribution < -0.4 is 10.6 Å². The number of aryl methyl sites for hydroxylation is 1. The Morgan fingerprint density at radius 1 is 0.882 bits per heavy atom. The largest absolute Gasteiger partial charge is 0.381 e. The van der Waals surface area contributed by atoms with Crippen molar-refractivity contribution in [1.29, 1.82) is 0 Å². The Morgan fingerprint density at radius 2 is 1.62 bits per heavy atom. The number of pyridine rings is 1. The molecule has 3 heterocycles. The van der Waals surface area contributed by atoms with Gasteiger partial charge in [-0.25, -0.2) is 9.97 Å². The van der Waals surface area contributed by atoms with Crippen molar-refractivity contribution in [2.75, 3.05) is 23.8 Å². The van der Waals surface area contributed by atoms with Gasteiger partial charge in [0, 0.05) is 47.9 Å². The van der Waals surface area contributed by atoms with Gasteiger partial charge >= 0.3 is 0 Å². The van der Waals surface area contributed by atoms with Gasteiger partial charge in [-0.2, -0.15) is 0 Å². The topological polar surface area (TPSA) is 106 Å². The summed E-state index contributed by atoms with van der Waals surface area (Å²) in [5.41, 5.74) is 5.06. The van der Waals surface area contributed by atoms with Gasteiger partial charge in [-0.1, -0.05) is 18.2 Å². The summed E-state index contributed by atoms with van der Waals surface area (Å²) in [4.78, 5) is 37.8. The van der Waals surface area contributed by atoms with Crippen molar-refractivity contribution in [3.63, 3.8) is 0 Å². The lowest BCUT2D eigenvalue weighted by molar-refractivity contribution is -0.122. The van der Waals surface area contributed by atoms with Crippen molar-refractivity contribution >= 4 is 23.3 Å². The molecule has 34 heavy (non-hydrogen) atoms. The van der Waals surface area contributed by atoms with Crippen LogP contribution in [0.5, 0.6) is 0 Å². The van der Waals surface area contributed by atoms with E-state index < -0.39 is 0 Å². The fourth-order valence-corrected chi connectivity index (χ4v) is 4.10. The van der Waals surface area contributed by atoms with Gasteiger partial charge in [-0.3, -0.25) is 14.6 Å². The number of rotatable bonds is 6. The summed E-state index contributed by atoms with van der Waals surface area (Å²) in [5.74, 6) is 0.601. The first kappa shape index (κ1) is 22.2. The maximum atomic E-state index is 12.7. The van der Waals surface area contributed by atoms with E-state index in [9.17, 15) is 9.59 Å². The minimum absolute atomic E-state index is 0.00964. The second-order valence-electron chi connectivity index (χ2n) is 8.87. The SMILES string of the molecule is Cc1ncc(NC(=O)C2CCOCC2)cc1-c1cccc(-c2cc(NC(=O)C3CC3)ncn2)c1. The lowest BCUT2D eigenvalue weighted by atomic mass is 9.98. The van der Waals surface area contributed by atoms with E-state index in [2.05, 4.69) is 25.6 Å². The highest BCUT2D eigenvalue weighted by atomic mass is 16.5. The predicted octanol–water partition coefficient (Wildman–Crippen LogP) is 4.23. The molecule has 2 aromatic heterocycles. The van der Waals surface area contributed by atoms with Gasteiger partial charge in [-0.15, -0.1) is 0 Å². The normalized spacial score (nSPS) is 16.1. The molecule has 1 aliphatic heterocycles. The van der Waals surface area contributed by atoms with Gasteiger partial charge in [-0.05, 0) is 50.3 Å². The van der Waals surface area contributed by atoms with Crippen molar-refractivity contribution < 1.29 is 14.3 Å². The van der Waals surface area contributed by atoms with E-state index in [1.54, 1.807) is 12.3 Å². The number of hydrogen-bond acceptors (Lipinski definition) is 6. The molecule has 2 fully saturated rings. The second kappa shape index (κ2) is 9.69. The lowest BCUT2D eigenvalue weighted by Crippen LogP contribution is -2.28. The summed E-state index contributed by atoms with van der Waals surface area (Å²) in [7, 11) is 0. The first-order valence-electron chi connectivity index (χ1n) is 11.7. The van der Waals surface area contributed by atoms with Crippen LogP contribution >= 0.6 is 0 Å². The maximum Gasteiger partial charge on any atom is 0.228 e. The molecule has 3 aromatic rings. The third-order valence-corrected chi connectivity index (χ3v) is 6.28. The highest BCUT2D eigenvalue weighted by Gasteiger charge is 2.29. The Morgan fingerprint density at radius 3 is 2.41 bits per heavy atom. The van der Waals surface area contributed by atoms with Crippen LogP contribution in [0.3, 0.4) is 0 Å².